The highest BCUT2D eigenvalue weighted by molar-refractivity contribution is 5.65. The van der Waals surface area contributed by atoms with Crippen molar-refractivity contribution in [1.29, 1.82) is 0 Å². The van der Waals surface area contributed by atoms with Crippen LogP contribution in [0.25, 0.3) is 12.2 Å². The van der Waals surface area contributed by atoms with E-state index in [1.165, 1.54) is 12.1 Å². The van der Waals surface area contributed by atoms with Crippen molar-refractivity contribution in [2.24, 2.45) is 0 Å². The number of furan rings is 2. The monoisotopic (exact) mass is 219 g/mol. The van der Waals surface area contributed by atoms with Crippen LogP contribution in [0.15, 0.2) is 33.1 Å². The van der Waals surface area contributed by atoms with Crippen LogP contribution in [0.2, 0.25) is 0 Å². The average molecular weight is 219 g/mol. The molecular weight excluding hydrogens is 210 g/mol. The van der Waals surface area contributed by atoms with Gasteiger partial charge in [0, 0.05) is 0 Å². The van der Waals surface area contributed by atoms with Gasteiger partial charge in [0.15, 0.2) is 0 Å². The lowest BCUT2D eigenvalue weighted by Crippen LogP contribution is -1.82. The molecule has 0 spiro atoms. The van der Waals surface area contributed by atoms with E-state index in [-0.39, 0.29) is 5.88 Å². The van der Waals surface area contributed by atoms with Gasteiger partial charge in [-0.3, -0.25) is 10.1 Å². The van der Waals surface area contributed by atoms with Crippen molar-refractivity contribution in [2.45, 2.75) is 6.92 Å². The maximum absolute atomic E-state index is 10.4. The van der Waals surface area contributed by atoms with Gasteiger partial charge in [0.1, 0.15) is 22.2 Å². The van der Waals surface area contributed by atoms with Gasteiger partial charge < -0.3 is 8.83 Å². The number of aryl methyl sites for hydroxylation is 1. The van der Waals surface area contributed by atoms with Gasteiger partial charge in [0.05, 0.1) is 6.07 Å². The summed E-state index contributed by atoms with van der Waals surface area (Å²) in [5.74, 6) is 1.64. The Morgan fingerprint density at radius 1 is 1.12 bits per heavy atom. The molecule has 0 unspecified atom stereocenters. The van der Waals surface area contributed by atoms with Crippen molar-refractivity contribution in [3.8, 4) is 0 Å². The Kier molecular flexibility index (Phi) is 2.59. The molecule has 0 aliphatic rings. The Hall–Kier alpha value is -2.30. The summed E-state index contributed by atoms with van der Waals surface area (Å²) in [7, 11) is 0. The summed E-state index contributed by atoms with van der Waals surface area (Å²) < 4.78 is 10.2. The van der Waals surface area contributed by atoms with E-state index in [9.17, 15) is 10.1 Å². The summed E-state index contributed by atoms with van der Waals surface area (Å²) in [6.45, 7) is 1.84. The lowest BCUT2D eigenvalue weighted by Gasteiger charge is -1.85. The van der Waals surface area contributed by atoms with E-state index in [1.807, 2.05) is 19.1 Å². The third kappa shape index (κ3) is 2.20. The minimum atomic E-state index is -0.575. The van der Waals surface area contributed by atoms with Crippen LogP contribution in [0, 0.1) is 17.0 Å². The molecule has 0 aliphatic heterocycles. The normalized spacial score (nSPS) is 11.1. The molecular formula is C11H9NO4. The molecule has 0 saturated heterocycles. The molecule has 2 aromatic heterocycles. The fraction of sp³-hybridized carbons (Fsp3) is 0.0909. The molecule has 0 amide bonds. The molecule has 16 heavy (non-hydrogen) atoms. The third-order valence-electron chi connectivity index (χ3n) is 1.97. The molecule has 0 atom stereocenters. The predicted octanol–water partition coefficient (Wildman–Crippen LogP) is 3.26. The molecule has 5 heteroatoms. The van der Waals surface area contributed by atoms with E-state index in [2.05, 4.69) is 0 Å². The molecule has 0 bridgehead atoms. The largest absolute Gasteiger partial charge is 0.462 e. The lowest BCUT2D eigenvalue weighted by atomic mass is 10.3. The van der Waals surface area contributed by atoms with Gasteiger partial charge in [-0.05, 0) is 37.3 Å². The highest BCUT2D eigenvalue weighted by Gasteiger charge is 2.09. The smallest absolute Gasteiger partial charge is 0.433 e. The molecule has 0 aromatic carbocycles. The number of nitro groups is 1. The second kappa shape index (κ2) is 4.06. The van der Waals surface area contributed by atoms with Gasteiger partial charge in [-0.25, -0.2) is 0 Å². The molecule has 2 aromatic rings. The lowest BCUT2D eigenvalue weighted by molar-refractivity contribution is -0.402. The summed E-state index contributed by atoms with van der Waals surface area (Å²) in [5.41, 5.74) is 0. The quantitative estimate of drug-likeness (QED) is 0.586. The van der Waals surface area contributed by atoms with Gasteiger partial charge in [0.25, 0.3) is 0 Å². The summed E-state index contributed by atoms with van der Waals surface area (Å²) >= 11 is 0. The van der Waals surface area contributed by atoms with E-state index in [4.69, 9.17) is 8.83 Å². The third-order valence-corrected chi connectivity index (χ3v) is 1.97. The van der Waals surface area contributed by atoms with Gasteiger partial charge in [-0.1, -0.05) is 0 Å². The molecule has 5 nitrogen and oxygen atoms in total. The maximum Gasteiger partial charge on any atom is 0.433 e. The molecule has 0 radical (unpaired) electrons. The summed E-state index contributed by atoms with van der Waals surface area (Å²) in [4.78, 5) is 9.79. The maximum atomic E-state index is 10.4. The van der Waals surface area contributed by atoms with Crippen LogP contribution in [0.1, 0.15) is 17.3 Å². The van der Waals surface area contributed by atoms with E-state index >= 15 is 0 Å². The molecule has 0 fully saturated rings. The zero-order valence-corrected chi connectivity index (χ0v) is 8.54. The van der Waals surface area contributed by atoms with E-state index < -0.39 is 4.92 Å². The molecule has 0 N–H and O–H groups in total. The molecule has 0 aliphatic carbocycles. The summed E-state index contributed by atoms with van der Waals surface area (Å²) in [6, 6.07) is 6.49. The second-order valence-corrected chi connectivity index (χ2v) is 3.21. The van der Waals surface area contributed by atoms with Crippen molar-refractivity contribution in [1.82, 2.24) is 0 Å². The topological polar surface area (TPSA) is 69.4 Å². The zero-order valence-electron chi connectivity index (χ0n) is 8.54. The number of hydrogen-bond donors (Lipinski definition) is 0. The SMILES string of the molecule is Cc1ccc(/C=C/c2ccc([N+](=O)[O-])o2)o1. The van der Waals surface area contributed by atoms with Crippen LogP contribution in [-0.2, 0) is 0 Å². The summed E-state index contributed by atoms with van der Waals surface area (Å²) in [5, 5.41) is 10.4. The highest BCUT2D eigenvalue weighted by Crippen LogP contribution is 2.18. The minimum Gasteiger partial charge on any atom is -0.462 e. The molecule has 2 rings (SSSR count). The van der Waals surface area contributed by atoms with Gasteiger partial charge in [-0.2, -0.15) is 0 Å². The summed E-state index contributed by atoms with van der Waals surface area (Å²) in [6.07, 6.45) is 3.31. The standard InChI is InChI=1S/C11H9NO4/c1-8-2-3-9(15-8)4-5-10-6-7-11(16-10)12(13)14/h2-7H,1H3/b5-4+. The Morgan fingerprint density at radius 3 is 2.25 bits per heavy atom. The first-order chi connectivity index (χ1) is 7.65. The second-order valence-electron chi connectivity index (χ2n) is 3.21. The fourth-order valence-electron chi connectivity index (χ4n) is 1.24. The van der Waals surface area contributed by atoms with Crippen LogP contribution < -0.4 is 0 Å². The molecule has 2 heterocycles. The zero-order chi connectivity index (χ0) is 11.5. The van der Waals surface area contributed by atoms with Crippen LogP contribution in [0.4, 0.5) is 5.88 Å². The Morgan fingerprint density at radius 2 is 1.75 bits per heavy atom. The molecule has 0 saturated carbocycles. The predicted molar refractivity (Wildman–Crippen MR) is 57.7 cm³/mol. The first kappa shape index (κ1) is 10.2. The van der Waals surface area contributed by atoms with Gasteiger partial charge in [0.2, 0.25) is 0 Å². The first-order valence-electron chi connectivity index (χ1n) is 4.64. The van der Waals surface area contributed by atoms with Crippen LogP contribution in [0.3, 0.4) is 0 Å². The van der Waals surface area contributed by atoms with E-state index in [0.29, 0.717) is 11.5 Å². The minimum absolute atomic E-state index is 0.268. The van der Waals surface area contributed by atoms with Gasteiger partial charge in [-0.15, -0.1) is 0 Å². The number of hydrogen-bond acceptors (Lipinski definition) is 4. The number of rotatable bonds is 3. The fourth-order valence-corrected chi connectivity index (χ4v) is 1.24. The molecule has 82 valence electrons. The Bertz CT molecular complexity index is 536. The first-order valence-corrected chi connectivity index (χ1v) is 4.64. The number of nitrogens with zero attached hydrogens (tertiary/aromatic N) is 1. The van der Waals surface area contributed by atoms with E-state index in [1.54, 1.807) is 12.2 Å². The highest BCUT2D eigenvalue weighted by atomic mass is 16.6. The van der Waals surface area contributed by atoms with Crippen molar-refractivity contribution in [3.63, 3.8) is 0 Å². The Balaban J connectivity index is 2.14. The van der Waals surface area contributed by atoms with Crippen LogP contribution in [-0.4, -0.2) is 4.92 Å². The van der Waals surface area contributed by atoms with Gasteiger partial charge >= 0.3 is 5.88 Å². The van der Waals surface area contributed by atoms with Crippen molar-refractivity contribution in [3.05, 3.63) is 51.7 Å². The van der Waals surface area contributed by atoms with Crippen LogP contribution in [0.5, 0.6) is 0 Å². The van der Waals surface area contributed by atoms with Crippen molar-refractivity contribution in [2.75, 3.05) is 0 Å². The van der Waals surface area contributed by atoms with Crippen molar-refractivity contribution >= 4 is 18.0 Å². The average Bonchev–Trinajstić information content (AvgIpc) is 2.83. The van der Waals surface area contributed by atoms with Crippen molar-refractivity contribution < 1.29 is 13.8 Å². The Labute approximate surface area is 91.1 Å². The van der Waals surface area contributed by atoms with E-state index in [0.717, 1.165) is 5.76 Å². The van der Waals surface area contributed by atoms with Crippen LogP contribution >= 0.6 is 0 Å².